The van der Waals surface area contributed by atoms with Crippen molar-refractivity contribution in [3.63, 3.8) is 0 Å². The van der Waals surface area contributed by atoms with Crippen LogP contribution in [0.4, 0.5) is 0 Å². The number of aliphatic carboxylic acids is 1. The van der Waals surface area contributed by atoms with Crippen molar-refractivity contribution in [1.29, 1.82) is 0 Å². The van der Waals surface area contributed by atoms with Crippen LogP contribution in [0.3, 0.4) is 0 Å². The van der Waals surface area contributed by atoms with Crippen LogP contribution in [0, 0.1) is 0 Å². The van der Waals surface area contributed by atoms with Gasteiger partial charge in [0.15, 0.2) is 0 Å². The zero-order valence-corrected chi connectivity index (χ0v) is 13.8. The first-order chi connectivity index (χ1) is 11.8. The molecule has 0 saturated carbocycles. The minimum absolute atomic E-state index is 0.953. The Morgan fingerprint density at radius 2 is 1.92 bits per heavy atom. The summed E-state index contributed by atoms with van der Waals surface area (Å²) in [5, 5.41) is 59.0. The van der Waals surface area contributed by atoms with Crippen molar-refractivity contribution in [2.24, 2.45) is 0 Å². The van der Waals surface area contributed by atoms with Crippen molar-refractivity contribution in [3.05, 3.63) is 0 Å². The van der Waals surface area contributed by atoms with E-state index in [2.05, 4.69) is 4.18 Å². The summed E-state index contributed by atoms with van der Waals surface area (Å²) in [7, 11) is -5.17. The molecule has 1 saturated heterocycles. The number of ether oxygens (including phenoxy) is 1. The summed E-state index contributed by atoms with van der Waals surface area (Å²) >= 11 is 0. The van der Waals surface area contributed by atoms with E-state index in [1.807, 2.05) is 5.32 Å². The second kappa shape index (κ2) is 8.51. The molecule has 1 aliphatic heterocycles. The summed E-state index contributed by atoms with van der Waals surface area (Å²) in [6.07, 6.45) is -9.16. The van der Waals surface area contributed by atoms with E-state index in [0.29, 0.717) is 0 Å². The molecule has 26 heavy (non-hydrogen) atoms. The van der Waals surface area contributed by atoms with E-state index in [4.69, 9.17) is 24.6 Å². The van der Waals surface area contributed by atoms with Crippen molar-refractivity contribution >= 4 is 22.3 Å². The zero-order chi connectivity index (χ0) is 20.3. The lowest BCUT2D eigenvalue weighted by molar-refractivity contribution is -0.294. The summed E-state index contributed by atoms with van der Waals surface area (Å²) in [6.45, 7) is -2.27. The van der Waals surface area contributed by atoms with Gasteiger partial charge in [-0.15, -0.1) is 0 Å². The Balaban J connectivity index is 3.21. The van der Waals surface area contributed by atoms with Gasteiger partial charge in [0.05, 0.1) is 18.8 Å². The minimum atomic E-state index is -5.17. The Labute approximate surface area is 146 Å². The number of hydrogen-bond acceptors (Lipinski definition) is 11. The maximum atomic E-state index is 11.4. The fraction of sp³-hybridized carbons (Fsp3) is 0.818. The number of carboxylic acids is 1. The zero-order valence-electron chi connectivity index (χ0n) is 13.0. The molecule has 1 fully saturated rings. The van der Waals surface area contributed by atoms with Crippen molar-refractivity contribution in [2.75, 3.05) is 13.2 Å². The molecule has 1 rings (SSSR count). The Morgan fingerprint density at radius 1 is 1.35 bits per heavy atom. The number of carbonyl (C=O) groups excluding carboxylic acids is 1. The molecule has 0 aromatic rings. The molecule has 15 heteroatoms. The molecule has 1 heterocycles. The van der Waals surface area contributed by atoms with Crippen LogP contribution in [-0.4, -0.2) is 105 Å². The van der Waals surface area contributed by atoms with Gasteiger partial charge in [0.2, 0.25) is 5.91 Å². The molecule has 1 aliphatic rings. The highest BCUT2D eigenvalue weighted by Crippen LogP contribution is 2.31. The summed E-state index contributed by atoms with van der Waals surface area (Å²) in [5.74, 6) is -6.06. The average molecular weight is 405 g/mol. The molecule has 8 N–H and O–H groups in total. The fourth-order valence-electron chi connectivity index (χ4n) is 2.37. The average Bonchev–Trinajstić information content (AvgIpc) is 2.53. The summed E-state index contributed by atoms with van der Waals surface area (Å²) in [6, 6.07) is -1.64. The highest BCUT2D eigenvalue weighted by molar-refractivity contribution is 7.80. The lowest BCUT2D eigenvalue weighted by Gasteiger charge is -2.44. The first-order valence-electron chi connectivity index (χ1n) is 7.01. The number of amides is 1. The van der Waals surface area contributed by atoms with Gasteiger partial charge in [-0.1, -0.05) is 0 Å². The molecule has 0 aromatic heterocycles. The number of aliphatic hydroxyl groups is 5. The summed E-state index contributed by atoms with van der Waals surface area (Å²) < 4.78 is 39.0. The van der Waals surface area contributed by atoms with Crippen LogP contribution < -0.4 is 5.32 Å². The Morgan fingerprint density at radius 3 is 2.35 bits per heavy atom. The summed E-state index contributed by atoms with van der Waals surface area (Å²) in [5.41, 5.74) is 0. The number of hydrogen-bond donors (Lipinski definition) is 8. The SMILES string of the molecule is O=C(CO)N[C@H]1[C@H]([C@H](O)[C@@H](CO)OS(=O)(=O)O)OC(O)(C(=O)O)C[C@@H]1O. The third-order valence-electron chi connectivity index (χ3n) is 3.53. The highest BCUT2D eigenvalue weighted by atomic mass is 32.3. The first kappa shape index (κ1) is 22.6. The lowest BCUT2D eigenvalue weighted by atomic mass is 9.88. The van der Waals surface area contributed by atoms with Gasteiger partial charge >= 0.3 is 16.4 Å². The number of carbonyl (C=O) groups is 2. The van der Waals surface area contributed by atoms with Crippen molar-refractivity contribution in [1.82, 2.24) is 5.32 Å². The third-order valence-corrected chi connectivity index (χ3v) is 4.02. The first-order valence-corrected chi connectivity index (χ1v) is 8.37. The third kappa shape index (κ3) is 5.53. The molecular formula is C11H19NO13S. The predicted octanol–water partition coefficient (Wildman–Crippen LogP) is -5.07. The van der Waals surface area contributed by atoms with Crippen molar-refractivity contribution in [3.8, 4) is 0 Å². The second-order valence-electron chi connectivity index (χ2n) is 5.43. The quantitative estimate of drug-likeness (QED) is 0.176. The second-order valence-corrected chi connectivity index (χ2v) is 6.48. The van der Waals surface area contributed by atoms with Crippen LogP contribution in [0.15, 0.2) is 0 Å². The van der Waals surface area contributed by atoms with E-state index >= 15 is 0 Å². The van der Waals surface area contributed by atoms with Crippen LogP contribution in [0.1, 0.15) is 6.42 Å². The minimum Gasteiger partial charge on any atom is -0.477 e. The van der Waals surface area contributed by atoms with Crippen LogP contribution in [0.5, 0.6) is 0 Å². The van der Waals surface area contributed by atoms with Gasteiger partial charge in [-0.25, -0.2) is 8.98 Å². The van der Waals surface area contributed by atoms with Gasteiger partial charge in [-0.2, -0.15) is 8.42 Å². The smallest absolute Gasteiger partial charge is 0.397 e. The van der Waals surface area contributed by atoms with Crippen molar-refractivity contribution < 1.29 is 62.1 Å². The van der Waals surface area contributed by atoms with Crippen LogP contribution >= 0.6 is 0 Å². The van der Waals surface area contributed by atoms with Gasteiger partial charge in [-0.05, 0) is 0 Å². The van der Waals surface area contributed by atoms with Gasteiger partial charge in [0.25, 0.3) is 5.79 Å². The Hall–Kier alpha value is -1.43. The van der Waals surface area contributed by atoms with Crippen molar-refractivity contribution in [2.45, 2.75) is 42.7 Å². The van der Waals surface area contributed by atoms with E-state index < -0.39 is 78.2 Å². The Kier molecular flexibility index (Phi) is 7.40. The van der Waals surface area contributed by atoms with E-state index in [9.17, 15) is 33.3 Å². The maximum Gasteiger partial charge on any atom is 0.397 e. The molecule has 0 aromatic carbocycles. The molecule has 0 spiro atoms. The molecule has 0 radical (unpaired) electrons. The van der Waals surface area contributed by atoms with E-state index in [0.717, 1.165) is 0 Å². The van der Waals surface area contributed by atoms with Crippen LogP contribution in [0.2, 0.25) is 0 Å². The molecule has 1 amide bonds. The standard InChI is InChI=1S/C11H19NO13S/c13-2-5(25-26(21,22)23)8(17)9-7(12-6(16)3-14)4(15)1-11(20,24-9)10(18)19/h4-5,7-9,13-15,17,20H,1-3H2,(H,12,16)(H,18,19)(H,21,22,23)/t4-,5+,7+,8+,9+,11?/m0/s1. The summed E-state index contributed by atoms with van der Waals surface area (Å²) in [4.78, 5) is 22.5. The van der Waals surface area contributed by atoms with Gasteiger partial charge in [0, 0.05) is 6.42 Å². The molecule has 0 bridgehead atoms. The largest absolute Gasteiger partial charge is 0.477 e. The normalized spacial score (nSPS) is 31.8. The lowest BCUT2D eigenvalue weighted by Crippen LogP contribution is -2.67. The monoisotopic (exact) mass is 405 g/mol. The molecule has 0 aliphatic carbocycles. The Bertz CT molecular complexity index is 624. The molecule has 14 nitrogen and oxygen atoms in total. The number of aliphatic hydroxyl groups excluding tert-OH is 4. The predicted molar refractivity (Wildman–Crippen MR) is 76.6 cm³/mol. The van der Waals surface area contributed by atoms with Crippen LogP contribution in [-0.2, 0) is 28.9 Å². The molecule has 1 unspecified atom stereocenters. The molecule has 152 valence electrons. The van der Waals surface area contributed by atoms with Gasteiger partial charge in [0.1, 0.15) is 24.9 Å². The van der Waals surface area contributed by atoms with Crippen LogP contribution in [0.25, 0.3) is 0 Å². The van der Waals surface area contributed by atoms with E-state index in [1.54, 1.807) is 0 Å². The van der Waals surface area contributed by atoms with Gasteiger partial charge in [-0.3, -0.25) is 9.35 Å². The highest BCUT2D eigenvalue weighted by Gasteiger charge is 2.54. The number of rotatable bonds is 8. The molecule has 6 atom stereocenters. The molecular weight excluding hydrogens is 386 g/mol. The number of nitrogens with one attached hydrogen (secondary N) is 1. The van der Waals surface area contributed by atoms with E-state index in [-0.39, 0.29) is 0 Å². The van der Waals surface area contributed by atoms with Gasteiger partial charge < -0.3 is 40.7 Å². The topological polar surface area (TPSA) is 240 Å². The fourth-order valence-corrected chi connectivity index (χ4v) is 2.86. The van der Waals surface area contributed by atoms with E-state index in [1.165, 1.54) is 0 Å². The maximum absolute atomic E-state index is 11.4. The number of carboxylic acid groups (broad SMARTS) is 1.